The van der Waals surface area contributed by atoms with E-state index in [0.29, 0.717) is 28.2 Å². The van der Waals surface area contributed by atoms with Gasteiger partial charge in [-0.15, -0.1) is 0 Å². The van der Waals surface area contributed by atoms with E-state index in [4.69, 9.17) is 4.74 Å². The smallest absolute Gasteiger partial charge is 0.273 e. The normalized spacial score (nSPS) is 16.9. The second kappa shape index (κ2) is 7.22. The van der Waals surface area contributed by atoms with Crippen LogP contribution in [0.3, 0.4) is 0 Å². The van der Waals surface area contributed by atoms with Gasteiger partial charge in [0.15, 0.2) is 0 Å². The standard InChI is InChI=1S/C16H21N5O3S/c1-10-14(25-16(19-10)24-3)15(23)17-7-11-4-5-21(9-11)12-6-13(22)20(2)18-8-12/h6,8,11H,4-5,7,9H2,1-3H3,(H,17,23)/t11-/m1/s1. The van der Waals surface area contributed by atoms with Crippen molar-refractivity contribution in [3.8, 4) is 5.19 Å². The van der Waals surface area contributed by atoms with Crippen LogP contribution in [0.1, 0.15) is 21.8 Å². The summed E-state index contributed by atoms with van der Waals surface area (Å²) in [6, 6.07) is 1.60. The van der Waals surface area contributed by atoms with Gasteiger partial charge in [0.25, 0.3) is 16.7 Å². The number of rotatable bonds is 5. The Balaban J connectivity index is 1.56. The number of amides is 1. The molecule has 0 unspecified atom stereocenters. The van der Waals surface area contributed by atoms with Crippen LogP contribution in [0.5, 0.6) is 5.19 Å². The molecule has 0 radical (unpaired) electrons. The largest absolute Gasteiger partial charge is 0.473 e. The summed E-state index contributed by atoms with van der Waals surface area (Å²) < 4.78 is 6.38. The first-order valence-corrected chi connectivity index (χ1v) is 8.87. The van der Waals surface area contributed by atoms with Crippen molar-refractivity contribution >= 4 is 22.9 Å². The number of carbonyl (C=O) groups excluding carboxylic acids is 1. The maximum Gasteiger partial charge on any atom is 0.273 e. The lowest BCUT2D eigenvalue weighted by Crippen LogP contribution is -2.31. The highest BCUT2D eigenvalue weighted by molar-refractivity contribution is 7.15. The predicted molar refractivity (Wildman–Crippen MR) is 95.5 cm³/mol. The van der Waals surface area contributed by atoms with Crippen molar-refractivity contribution in [2.75, 3.05) is 31.6 Å². The quantitative estimate of drug-likeness (QED) is 0.846. The Kier molecular flexibility index (Phi) is 5.03. The summed E-state index contributed by atoms with van der Waals surface area (Å²) >= 11 is 1.25. The van der Waals surface area contributed by atoms with Crippen molar-refractivity contribution < 1.29 is 9.53 Å². The van der Waals surface area contributed by atoms with Crippen molar-refractivity contribution in [2.45, 2.75) is 13.3 Å². The van der Waals surface area contributed by atoms with Crippen LogP contribution in [-0.4, -0.2) is 47.4 Å². The molecule has 25 heavy (non-hydrogen) atoms. The van der Waals surface area contributed by atoms with Crippen LogP contribution < -0.4 is 20.5 Å². The zero-order valence-corrected chi connectivity index (χ0v) is 15.3. The van der Waals surface area contributed by atoms with Crippen LogP contribution in [0.2, 0.25) is 0 Å². The fraction of sp³-hybridized carbons (Fsp3) is 0.500. The summed E-state index contributed by atoms with van der Waals surface area (Å²) in [7, 11) is 3.17. The van der Waals surface area contributed by atoms with Gasteiger partial charge in [0.2, 0.25) is 0 Å². The summed E-state index contributed by atoms with van der Waals surface area (Å²) in [4.78, 5) is 30.9. The molecule has 0 aliphatic carbocycles. The fourth-order valence-electron chi connectivity index (χ4n) is 2.85. The molecule has 1 saturated heterocycles. The Morgan fingerprint density at radius 2 is 2.32 bits per heavy atom. The fourth-order valence-corrected chi connectivity index (χ4v) is 3.65. The second-order valence-electron chi connectivity index (χ2n) is 6.08. The van der Waals surface area contributed by atoms with Crippen LogP contribution in [0.4, 0.5) is 5.69 Å². The number of hydrogen-bond donors (Lipinski definition) is 1. The Morgan fingerprint density at radius 3 is 3.00 bits per heavy atom. The molecule has 1 fully saturated rings. The molecular weight excluding hydrogens is 342 g/mol. The van der Waals surface area contributed by atoms with E-state index in [1.165, 1.54) is 16.0 Å². The van der Waals surface area contributed by atoms with E-state index in [0.717, 1.165) is 25.2 Å². The second-order valence-corrected chi connectivity index (χ2v) is 7.05. The number of aromatic nitrogens is 3. The molecule has 0 spiro atoms. The molecule has 1 amide bonds. The molecule has 1 aliphatic rings. The average Bonchev–Trinajstić information content (AvgIpc) is 3.21. The van der Waals surface area contributed by atoms with Crippen LogP contribution in [0.15, 0.2) is 17.1 Å². The van der Waals surface area contributed by atoms with Gasteiger partial charge in [-0.3, -0.25) is 9.59 Å². The lowest BCUT2D eigenvalue weighted by molar-refractivity contribution is 0.0951. The van der Waals surface area contributed by atoms with Crippen molar-refractivity contribution in [3.05, 3.63) is 33.2 Å². The zero-order valence-electron chi connectivity index (χ0n) is 14.5. The van der Waals surface area contributed by atoms with Crippen LogP contribution in [-0.2, 0) is 7.05 Å². The van der Waals surface area contributed by atoms with E-state index < -0.39 is 0 Å². The molecule has 0 aromatic carbocycles. The number of nitrogens with one attached hydrogen (secondary N) is 1. The van der Waals surface area contributed by atoms with Gasteiger partial charge in [0, 0.05) is 32.7 Å². The molecule has 2 aromatic heterocycles. The summed E-state index contributed by atoms with van der Waals surface area (Å²) in [5.74, 6) is 0.218. The van der Waals surface area contributed by atoms with E-state index in [-0.39, 0.29) is 11.5 Å². The minimum absolute atomic E-state index is 0.119. The number of anilines is 1. The summed E-state index contributed by atoms with van der Waals surface area (Å²) in [6.07, 6.45) is 2.66. The van der Waals surface area contributed by atoms with Gasteiger partial charge >= 0.3 is 0 Å². The van der Waals surface area contributed by atoms with Gasteiger partial charge in [0.05, 0.1) is 24.7 Å². The number of nitrogens with zero attached hydrogens (tertiary/aromatic N) is 4. The molecular formula is C16H21N5O3S. The van der Waals surface area contributed by atoms with Gasteiger partial charge in [-0.1, -0.05) is 11.3 Å². The highest BCUT2D eigenvalue weighted by atomic mass is 32.1. The first-order valence-electron chi connectivity index (χ1n) is 8.06. The first-order chi connectivity index (χ1) is 12.0. The van der Waals surface area contributed by atoms with Gasteiger partial charge < -0.3 is 15.0 Å². The lowest BCUT2D eigenvalue weighted by Gasteiger charge is -2.18. The molecule has 3 rings (SSSR count). The third-order valence-electron chi connectivity index (χ3n) is 4.31. The molecule has 1 aliphatic heterocycles. The highest BCUT2D eigenvalue weighted by Gasteiger charge is 2.24. The minimum Gasteiger partial charge on any atom is -0.473 e. The third-order valence-corrected chi connectivity index (χ3v) is 5.43. The van der Waals surface area contributed by atoms with Gasteiger partial charge in [-0.25, -0.2) is 9.67 Å². The topological polar surface area (TPSA) is 89.3 Å². The molecule has 8 nitrogen and oxygen atoms in total. The Hall–Kier alpha value is -2.42. The van der Waals surface area contributed by atoms with Crippen molar-refractivity contribution in [1.82, 2.24) is 20.1 Å². The zero-order chi connectivity index (χ0) is 18.0. The average molecular weight is 363 g/mol. The molecule has 1 N–H and O–H groups in total. The number of thiazole rings is 1. The lowest BCUT2D eigenvalue weighted by atomic mass is 10.1. The minimum atomic E-state index is -0.121. The molecule has 9 heteroatoms. The van der Waals surface area contributed by atoms with E-state index in [1.54, 1.807) is 33.3 Å². The van der Waals surface area contributed by atoms with E-state index in [2.05, 4.69) is 20.3 Å². The maximum absolute atomic E-state index is 12.3. The van der Waals surface area contributed by atoms with Crippen LogP contribution in [0, 0.1) is 12.8 Å². The van der Waals surface area contributed by atoms with E-state index in [1.807, 2.05) is 0 Å². The summed E-state index contributed by atoms with van der Waals surface area (Å²) in [5.41, 5.74) is 1.39. The molecule has 134 valence electrons. The summed E-state index contributed by atoms with van der Waals surface area (Å²) in [5, 5.41) is 7.53. The Labute approximate surface area is 149 Å². The van der Waals surface area contributed by atoms with Crippen molar-refractivity contribution in [1.29, 1.82) is 0 Å². The summed E-state index contributed by atoms with van der Waals surface area (Å²) in [6.45, 7) is 4.03. The monoisotopic (exact) mass is 363 g/mol. The Morgan fingerprint density at radius 1 is 1.52 bits per heavy atom. The number of carbonyl (C=O) groups is 1. The SMILES string of the molecule is COc1nc(C)c(C(=O)NC[C@H]2CCN(c3cnn(C)c(=O)c3)C2)s1. The molecule has 0 saturated carbocycles. The van der Waals surface area contributed by atoms with E-state index >= 15 is 0 Å². The van der Waals surface area contributed by atoms with Crippen LogP contribution >= 0.6 is 11.3 Å². The predicted octanol–water partition coefficient (Wildman–Crippen LogP) is 0.810. The number of ether oxygens (including phenoxy) is 1. The molecule has 1 atom stereocenters. The van der Waals surface area contributed by atoms with Gasteiger partial charge in [0.1, 0.15) is 4.88 Å². The maximum atomic E-state index is 12.3. The van der Waals surface area contributed by atoms with Crippen molar-refractivity contribution in [2.24, 2.45) is 13.0 Å². The highest BCUT2D eigenvalue weighted by Crippen LogP contribution is 2.25. The number of aryl methyl sites for hydroxylation is 2. The van der Waals surface area contributed by atoms with Crippen LogP contribution in [0.25, 0.3) is 0 Å². The van der Waals surface area contributed by atoms with Gasteiger partial charge in [-0.05, 0) is 19.3 Å². The third kappa shape index (κ3) is 3.81. The van der Waals surface area contributed by atoms with E-state index in [9.17, 15) is 9.59 Å². The molecule has 0 bridgehead atoms. The number of methoxy groups -OCH3 is 1. The first kappa shape index (κ1) is 17.4. The molecule has 2 aromatic rings. The van der Waals surface area contributed by atoms with Gasteiger partial charge in [-0.2, -0.15) is 5.10 Å². The Bertz CT molecular complexity index is 831. The number of hydrogen-bond acceptors (Lipinski definition) is 7. The molecule has 3 heterocycles. The van der Waals surface area contributed by atoms with Crippen molar-refractivity contribution in [3.63, 3.8) is 0 Å².